The van der Waals surface area contributed by atoms with E-state index in [-0.39, 0.29) is 18.5 Å². The summed E-state index contributed by atoms with van der Waals surface area (Å²) in [5, 5.41) is 11.5. The summed E-state index contributed by atoms with van der Waals surface area (Å²) in [6.07, 6.45) is 0.720. The summed E-state index contributed by atoms with van der Waals surface area (Å²) < 4.78 is 5.21. The number of rotatable bonds is 3. The van der Waals surface area contributed by atoms with Crippen LogP contribution in [-0.4, -0.2) is 12.0 Å². The molecule has 74 valence electrons. The minimum absolute atomic E-state index is 0. The molecule has 0 atom stereocenters. The van der Waals surface area contributed by atoms with Gasteiger partial charge >= 0.3 is 0 Å². The van der Waals surface area contributed by atoms with E-state index in [9.17, 15) is 0 Å². The Morgan fingerprint density at radius 2 is 2.31 bits per heavy atom. The highest BCUT2D eigenvalue weighted by Gasteiger charge is 2.02. The van der Waals surface area contributed by atoms with Crippen LogP contribution in [0.4, 0.5) is 0 Å². The molecule has 0 aliphatic carbocycles. The van der Waals surface area contributed by atoms with Gasteiger partial charge in [-0.15, -0.1) is 12.4 Å². The van der Waals surface area contributed by atoms with Gasteiger partial charge in [0.15, 0.2) is 5.90 Å². The van der Waals surface area contributed by atoms with Crippen LogP contribution >= 0.6 is 23.7 Å². The molecule has 2 nitrogen and oxygen atoms in total. The van der Waals surface area contributed by atoms with E-state index in [1.807, 2.05) is 30.7 Å². The van der Waals surface area contributed by atoms with E-state index in [1.165, 1.54) is 0 Å². The minimum Gasteiger partial charge on any atom is -0.478 e. The smallest absolute Gasteiger partial charge is 0.185 e. The van der Waals surface area contributed by atoms with E-state index >= 15 is 0 Å². The molecule has 0 aromatic carbocycles. The first-order chi connectivity index (χ1) is 5.68. The standard InChI is InChI=1S/C9H13NOS.ClH/c1-7(2)11-9(10)5-8-3-4-12-6-8;/h3-4,6-7,10H,5H2,1-2H3;1H. The summed E-state index contributed by atoms with van der Waals surface area (Å²) in [5.41, 5.74) is 1.16. The summed E-state index contributed by atoms with van der Waals surface area (Å²) in [7, 11) is 0. The Hall–Kier alpha value is -0.540. The Balaban J connectivity index is 0.00000144. The van der Waals surface area contributed by atoms with Crippen molar-refractivity contribution < 1.29 is 4.74 Å². The highest BCUT2D eigenvalue weighted by molar-refractivity contribution is 7.07. The summed E-state index contributed by atoms with van der Waals surface area (Å²) >= 11 is 1.65. The third-order valence-electron chi connectivity index (χ3n) is 1.32. The molecule has 4 heteroatoms. The first-order valence-electron chi connectivity index (χ1n) is 3.93. The number of hydrogen-bond acceptors (Lipinski definition) is 3. The van der Waals surface area contributed by atoms with Crippen LogP contribution in [0.2, 0.25) is 0 Å². The molecular formula is C9H14ClNOS. The van der Waals surface area contributed by atoms with Crippen LogP contribution in [0, 0.1) is 5.41 Å². The van der Waals surface area contributed by atoms with E-state index in [0.29, 0.717) is 12.3 Å². The Labute approximate surface area is 88.8 Å². The lowest BCUT2D eigenvalue weighted by Crippen LogP contribution is -2.12. The Kier molecular flexibility index (Phi) is 5.75. The molecule has 13 heavy (non-hydrogen) atoms. The molecule has 0 saturated carbocycles. The topological polar surface area (TPSA) is 33.1 Å². The van der Waals surface area contributed by atoms with E-state index in [4.69, 9.17) is 10.1 Å². The van der Waals surface area contributed by atoms with Crippen LogP contribution in [0.3, 0.4) is 0 Å². The van der Waals surface area contributed by atoms with E-state index in [0.717, 1.165) is 5.56 Å². The largest absolute Gasteiger partial charge is 0.478 e. The fraction of sp³-hybridized carbons (Fsp3) is 0.444. The summed E-state index contributed by atoms with van der Waals surface area (Å²) in [6.45, 7) is 3.87. The summed E-state index contributed by atoms with van der Waals surface area (Å²) in [6, 6.07) is 2.02. The maximum Gasteiger partial charge on any atom is 0.185 e. The van der Waals surface area contributed by atoms with Gasteiger partial charge in [-0.1, -0.05) is 0 Å². The van der Waals surface area contributed by atoms with Gasteiger partial charge < -0.3 is 4.74 Å². The number of thiophene rings is 1. The predicted octanol–water partition coefficient (Wildman–Crippen LogP) is 3.11. The normalized spacial score (nSPS) is 9.46. The molecule has 0 spiro atoms. The molecule has 1 heterocycles. The molecule has 1 rings (SSSR count). The van der Waals surface area contributed by atoms with Crippen molar-refractivity contribution in [1.82, 2.24) is 0 Å². The van der Waals surface area contributed by atoms with Crippen LogP contribution in [0.5, 0.6) is 0 Å². The molecule has 0 aliphatic rings. The number of halogens is 1. The van der Waals surface area contributed by atoms with Crippen molar-refractivity contribution in [2.24, 2.45) is 0 Å². The molecule has 0 fully saturated rings. The first-order valence-corrected chi connectivity index (χ1v) is 4.88. The molecule has 0 aliphatic heterocycles. The quantitative estimate of drug-likeness (QED) is 0.615. The van der Waals surface area contributed by atoms with Crippen molar-refractivity contribution in [3.05, 3.63) is 22.4 Å². The second-order valence-corrected chi connectivity index (χ2v) is 3.68. The third-order valence-corrected chi connectivity index (χ3v) is 2.05. The van der Waals surface area contributed by atoms with Crippen molar-refractivity contribution in [1.29, 1.82) is 5.41 Å². The van der Waals surface area contributed by atoms with Crippen LogP contribution < -0.4 is 0 Å². The molecular weight excluding hydrogens is 206 g/mol. The molecule has 0 saturated heterocycles. The average molecular weight is 220 g/mol. The number of ether oxygens (including phenoxy) is 1. The lowest BCUT2D eigenvalue weighted by Gasteiger charge is -2.09. The maximum absolute atomic E-state index is 7.48. The minimum atomic E-state index is 0. The van der Waals surface area contributed by atoms with Crippen molar-refractivity contribution in [2.75, 3.05) is 0 Å². The molecule has 0 bridgehead atoms. The number of nitrogens with one attached hydrogen (secondary N) is 1. The van der Waals surface area contributed by atoms with Crippen molar-refractivity contribution >= 4 is 29.6 Å². The zero-order valence-corrected chi connectivity index (χ0v) is 9.37. The van der Waals surface area contributed by atoms with Gasteiger partial charge in [0.05, 0.1) is 6.10 Å². The highest BCUT2D eigenvalue weighted by atomic mass is 35.5. The van der Waals surface area contributed by atoms with Gasteiger partial charge in [0, 0.05) is 6.42 Å². The van der Waals surface area contributed by atoms with Gasteiger partial charge in [0.1, 0.15) is 0 Å². The second kappa shape index (κ2) is 6.00. The predicted molar refractivity (Wildman–Crippen MR) is 59.2 cm³/mol. The van der Waals surface area contributed by atoms with Crippen molar-refractivity contribution in [3.8, 4) is 0 Å². The lowest BCUT2D eigenvalue weighted by atomic mass is 10.2. The molecule has 1 aromatic heterocycles. The van der Waals surface area contributed by atoms with E-state index < -0.39 is 0 Å². The van der Waals surface area contributed by atoms with Crippen LogP contribution in [0.15, 0.2) is 16.8 Å². The zero-order chi connectivity index (χ0) is 8.97. The Morgan fingerprint density at radius 1 is 1.62 bits per heavy atom. The highest BCUT2D eigenvalue weighted by Crippen LogP contribution is 2.07. The van der Waals surface area contributed by atoms with Gasteiger partial charge in [0.2, 0.25) is 0 Å². The van der Waals surface area contributed by atoms with Gasteiger partial charge in [-0.25, -0.2) is 0 Å². The number of hydrogen-bond donors (Lipinski definition) is 1. The van der Waals surface area contributed by atoms with Crippen molar-refractivity contribution in [3.63, 3.8) is 0 Å². The van der Waals surface area contributed by atoms with Crippen molar-refractivity contribution in [2.45, 2.75) is 26.4 Å². The monoisotopic (exact) mass is 219 g/mol. The maximum atomic E-state index is 7.48. The fourth-order valence-electron chi connectivity index (χ4n) is 0.905. The average Bonchev–Trinajstić information content (AvgIpc) is 2.37. The summed E-state index contributed by atoms with van der Waals surface area (Å²) in [5.74, 6) is 0.350. The van der Waals surface area contributed by atoms with Gasteiger partial charge in [-0.3, -0.25) is 5.41 Å². The second-order valence-electron chi connectivity index (χ2n) is 2.90. The molecule has 0 amide bonds. The molecule has 0 radical (unpaired) electrons. The van der Waals surface area contributed by atoms with Crippen LogP contribution in [0.25, 0.3) is 0 Å². The molecule has 0 unspecified atom stereocenters. The summed E-state index contributed by atoms with van der Waals surface area (Å²) in [4.78, 5) is 0. The van der Waals surface area contributed by atoms with E-state index in [2.05, 4.69) is 0 Å². The van der Waals surface area contributed by atoms with Gasteiger partial charge in [0.25, 0.3) is 0 Å². The molecule has 1 N–H and O–H groups in total. The van der Waals surface area contributed by atoms with Crippen LogP contribution in [-0.2, 0) is 11.2 Å². The molecule has 1 aromatic rings. The Morgan fingerprint density at radius 3 is 2.77 bits per heavy atom. The van der Waals surface area contributed by atoms with Gasteiger partial charge in [-0.2, -0.15) is 11.3 Å². The Bertz CT molecular complexity index is 246. The van der Waals surface area contributed by atoms with Crippen LogP contribution in [0.1, 0.15) is 19.4 Å². The third kappa shape index (κ3) is 4.90. The first kappa shape index (κ1) is 12.5. The van der Waals surface area contributed by atoms with E-state index in [1.54, 1.807) is 11.3 Å². The fourth-order valence-corrected chi connectivity index (χ4v) is 1.57. The van der Waals surface area contributed by atoms with Gasteiger partial charge in [-0.05, 0) is 36.2 Å². The zero-order valence-electron chi connectivity index (χ0n) is 7.74. The SMILES string of the molecule is CC(C)OC(=N)Cc1ccsc1.Cl. The lowest BCUT2D eigenvalue weighted by molar-refractivity contribution is 0.221.